The summed E-state index contributed by atoms with van der Waals surface area (Å²) in [5.74, 6) is -0.366. The van der Waals surface area contributed by atoms with Crippen molar-refractivity contribution in [1.29, 1.82) is 0 Å². The van der Waals surface area contributed by atoms with Crippen molar-refractivity contribution in [3.05, 3.63) is 71.2 Å². The number of ether oxygens (including phenoxy) is 1. The standard InChI is InChI=1S/C23H22N4O4/c1-14(2)22-17(12-25-27(22)20-5-3-4-10-24-20)23(30)31-13-19(28)16-6-8-18-15(11-16)7-9-21(29)26-18/h3-6,8,10-12,14H,7,9,13H2,1-2H3,(H,26,29). The number of aromatic nitrogens is 3. The quantitative estimate of drug-likeness (QED) is 0.487. The second kappa shape index (κ2) is 8.51. The summed E-state index contributed by atoms with van der Waals surface area (Å²) in [5, 5.41) is 7.08. The number of nitrogens with one attached hydrogen (secondary N) is 1. The molecule has 0 spiro atoms. The largest absolute Gasteiger partial charge is 0.454 e. The summed E-state index contributed by atoms with van der Waals surface area (Å²) in [6.45, 7) is 3.52. The SMILES string of the molecule is CC(C)c1c(C(=O)OCC(=O)c2ccc3c(c2)CCC(=O)N3)cnn1-c1ccccn1. The van der Waals surface area contributed by atoms with Crippen molar-refractivity contribution in [2.45, 2.75) is 32.6 Å². The van der Waals surface area contributed by atoms with Crippen LogP contribution in [0.3, 0.4) is 0 Å². The number of benzene rings is 1. The molecule has 0 fully saturated rings. The minimum absolute atomic E-state index is 0.0152. The molecular weight excluding hydrogens is 396 g/mol. The highest BCUT2D eigenvalue weighted by molar-refractivity contribution is 6.01. The zero-order valence-corrected chi connectivity index (χ0v) is 17.3. The Balaban J connectivity index is 1.49. The van der Waals surface area contributed by atoms with Gasteiger partial charge < -0.3 is 10.1 Å². The number of hydrogen-bond donors (Lipinski definition) is 1. The molecular formula is C23H22N4O4. The Kier molecular flexibility index (Phi) is 5.62. The number of ketones is 1. The van der Waals surface area contributed by atoms with Gasteiger partial charge in [-0.1, -0.05) is 19.9 Å². The summed E-state index contributed by atoms with van der Waals surface area (Å²) < 4.78 is 6.93. The first-order valence-electron chi connectivity index (χ1n) is 10.1. The molecule has 31 heavy (non-hydrogen) atoms. The molecule has 0 atom stereocenters. The lowest BCUT2D eigenvalue weighted by Crippen LogP contribution is -2.20. The summed E-state index contributed by atoms with van der Waals surface area (Å²) in [7, 11) is 0. The maximum Gasteiger partial charge on any atom is 0.342 e. The Bertz CT molecular complexity index is 1150. The number of pyridine rings is 1. The van der Waals surface area contributed by atoms with E-state index >= 15 is 0 Å². The minimum atomic E-state index is -0.607. The monoisotopic (exact) mass is 418 g/mol. The number of esters is 1. The second-order valence-electron chi connectivity index (χ2n) is 7.62. The van der Waals surface area contributed by atoms with E-state index in [1.807, 2.05) is 19.9 Å². The molecule has 4 rings (SSSR count). The molecule has 0 radical (unpaired) electrons. The van der Waals surface area contributed by atoms with E-state index in [2.05, 4.69) is 15.4 Å². The number of Topliss-reactive ketones (excluding diaryl/α,β-unsaturated/α-hetero) is 1. The third kappa shape index (κ3) is 4.23. The van der Waals surface area contributed by atoms with Crippen molar-refractivity contribution in [2.75, 3.05) is 11.9 Å². The summed E-state index contributed by atoms with van der Waals surface area (Å²) in [4.78, 5) is 41.1. The van der Waals surface area contributed by atoms with Gasteiger partial charge in [0.05, 0.1) is 11.9 Å². The summed E-state index contributed by atoms with van der Waals surface area (Å²) in [6, 6.07) is 10.5. The van der Waals surface area contributed by atoms with Crippen molar-refractivity contribution in [1.82, 2.24) is 14.8 Å². The Labute approximate surface area is 179 Å². The fraction of sp³-hybridized carbons (Fsp3) is 0.261. The van der Waals surface area contributed by atoms with Crippen molar-refractivity contribution in [3.8, 4) is 5.82 Å². The first kappa shape index (κ1) is 20.5. The van der Waals surface area contributed by atoms with Crippen LogP contribution in [-0.4, -0.2) is 39.0 Å². The number of aryl methyl sites for hydroxylation is 1. The van der Waals surface area contributed by atoms with Crippen molar-refractivity contribution >= 4 is 23.3 Å². The van der Waals surface area contributed by atoms with Gasteiger partial charge in [-0.3, -0.25) is 9.59 Å². The van der Waals surface area contributed by atoms with E-state index in [0.29, 0.717) is 41.2 Å². The average molecular weight is 418 g/mol. The lowest BCUT2D eigenvalue weighted by molar-refractivity contribution is -0.116. The molecule has 158 valence electrons. The molecule has 3 heterocycles. The third-order valence-corrected chi connectivity index (χ3v) is 5.10. The maximum atomic E-state index is 12.7. The molecule has 8 heteroatoms. The predicted octanol–water partition coefficient (Wildman–Crippen LogP) is 3.32. The molecule has 0 aliphatic carbocycles. The van der Waals surface area contributed by atoms with Crippen LogP contribution in [-0.2, 0) is 16.0 Å². The van der Waals surface area contributed by atoms with Crippen molar-refractivity contribution in [3.63, 3.8) is 0 Å². The van der Waals surface area contributed by atoms with Gasteiger partial charge in [0.2, 0.25) is 5.91 Å². The lowest BCUT2D eigenvalue weighted by atomic mass is 9.99. The van der Waals surface area contributed by atoms with Crippen LogP contribution in [0.25, 0.3) is 5.82 Å². The van der Waals surface area contributed by atoms with Crippen LogP contribution in [0.5, 0.6) is 0 Å². The van der Waals surface area contributed by atoms with Crippen LogP contribution in [0.1, 0.15) is 58.2 Å². The van der Waals surface area contributed by atoms with Gasteiger partial charge in [0.1, 0.15) is 5.56 Å². The van der Waals surface area contributed by atoms with Gasteiger partial charge in [0.15, 0.2) is 18.2 Å². The zero-order valence-electron chi connectivity index (χ0n) is 17.3. The van der Waals surface area contributed by atoms with E-state index in [-0.39, 0.29) is 24.2 Å². The topological polar surface area (TPSA) is 103 Å². The number of amides is 1. The minimum Gasteiger partial charge on any atom is -0.454 e. The molecule has 0 unspecified atom stereocenters. The molecule has 0 bridgehead atoms. The third-order valence-electron chi connectivity index (χ3n) is 5.10. The number of anilines is 1. The smallest absolute Gasteiger partial charge is 0.342 e. The van der Waals surface area contributed by atoms with E-state index in [4.69, 9.17) is 4.74 Å². The molecule has 1 amide bonds. The highest BCUT2D eigenvalue weighted by Crippen LogP contribution is 2.25. The summed E-state index contributed by atoms with van der Waals surface area (Å²) in [6.07, 6.45) is 4.06. The van der Waals surface area contributed by atoms with Crippen LogP contribution >= 0.6 is 0 Å². The molecule has 1 aromatic carbocycles. The van der Waals surface area contributed by atoms with Gasteiger partial charge in [0, 0.05) is 23.9 Å². The average Bonchev–Trinajstić information content (AvgIpc) is 3.23. The molecule has 1 aliphatic heterocycles. The molecule has 0 saturated carbocycles. The van der Waals surface area contributed by atoms with Gasteiger partial charge in [-0.2, -0.15) is 5.10 Å². The van der Waals surface area contributed by atoms with Crippen LogP contribution in [0.2, 0.25) is 0 Å². The number of hydrogen-bond acceptors (Lipinski definition) is 6. The summed E-state index contributed by atoms with van der Waals surface area (Å²) in [5.41, 5.74) is 3.03. The zero-order chi connectivity index (χ0) is 22.0. The second-order valence-corrected chi connectivity index (χ2v) is 7.62. The summed E-state index contributed by atoms with van der Waals surface area (Å²) >= 11 is 0. The molecule has 2 aromatic heterocycles. The number of rotatable bonds is 6. The predicted molar refractivity (Wildman–Crippen MR) is 113 cm³/mol. The van der Waals surface area contributed by atoms with E-state index in [0.717, 1.165) is 5.56 Å². The number of carbonyl (C=O) groups excluding carboxylic acids is 3. The molecule has 8 nitrogen and oxygen atoms in total. The number of nitrogens with zero attached hydrogens (tertiary/aromatic N) is 3. The van der Waals surface area contributed by atoms with Crippen LogP contribution in [0, 0.1) is 0 Å². The van der Waals surface area contributed by atoms with Crippen LogP contribution < -0.4 is 5.32 Å². The van der Waals surface area contributed by atoms with Gasteiger partial charge in [-0.15, -0.1) is 0 Å². The first-order chi connectivity index (χ1) is 14.9. The first-order valence-corrected chi connectivity index (χ1v) is 10.1. The molecule has 1 aliphatic rings. The van der Waals surface area contributed by atoms with E-state index in [9.17, 15) is 14.4 Å². The van der Waals surface area contributed by atoms with Gasteiger partial charge in [-0.25, -0.2) is 14.5 Å². The number of carbonyl (C=O) groups is 3. The Morgan fingerprint density at radius 3 is 2.77 bits per heavy atom. The van der Waals surface area contributed by atoms with E-state index in [1.165, 1.54) is 6.20 Å². The van der Waals surface area contributed by atoms with Gasteiger partial charge in [-0.05, 0) is 48.2 Å². The molecule has 3 aromatic rings. The van der Waals surface area contributed by atoms with Crippen molar-refractivity contribution < 1.29 is 19.1 Å². The van der Waals surface area contributed by atoms with Gasteiger partial charge >= 0.3 is 5.97 Å². The fourth-order valence-corrected chi connectivity index (χ4v) is 3.58. The molecule has 1 N–H and O–H groups in total. The fourth-order valence-electron chi connectivity index (χ4n) is 3.58. The van der Waals surface area contributed by atoms with E-state index < -0.39 is 5.97 Å². The van der Waals surface area contributed by atoms with Crippen LogP contribution in [0.15, 0.2) is 48.8 Å². The van der Waals surface area contributed by atoms with Crippen LogP contribution in [0.4, 0.5) is 5.69 Å². The maximum absolute atomic E-state index is 12.7. The van der Waals surface area contributed by atoms with Gasteiger partial charge in [0.25, 0.3) is 0 Å². The lowest BCUT2D eigenvalue weighted by Gasteiger charge is -2.17. The highest BCUT2D eigenvalue weighted by Gasteiger charge is 2.24. The van der Waals surface area contributed by atoms with Crippen molar-refractivity contribution in [2.24, 2.45) is 0 Å². The normalized spacial score (nSPS) is 12.9. The highest BCUT2D eigenvalue weighted by atomic mass is 16.5. The van der Waals surface area contributed by atoms with E-state index in [1.54, 1.807) is 41.2 Å². The Morgan fingerprint density at radius 2 is 2.03 bits per heavy atom. The Morgan fingerprint density at radius 1 is 1.19 bits per heavy atom. The molecule has 0 saturated heterocycles. The number of fused-ring (bicyclic) bond motifs is 1. The Hall–Kier alpha value is -3.81.